The number of rotatable bonds is 3. The minimum absolute atomic E-state index is 1.17. The Morgan fingerprint density at radius 2 is 0.727 bits per heavy atom. The molecule has 0 aliphatic heterocycles. The van der Waals surface area contributed by atoms with E-state index in [1.165, 1.54) is 23.5 Å². The average molecular weight is 289 g/mol. The minimum atomic E-state index is 1.17. The van der Waals surface area contributed by atoms with Crippen LogP contribution >= 0.6 is 0 Å². The van der Waals surface area contributed by atoms with Crippen molar-refractivity contribution in [3.8, 4) is 0 Å². The molecular formula is C21H23N. The van der Waals surface area contributed by atoms with Crippen molar-refractivity contribution in [3.63, 3.8) is 0 Å². The summed E-state index contributed by atoms with van der Waals surface area (Å²) in [6.45, 7) is 4.25. The summed E-state index contributed by atoms with van der Waals surface area (Å²) in [4.78, 5) is 2.25. The van der Waals surface area contributed by atoms with Gasteiger partial charge in [-0.15, -0.1) is 0 Å². The second-order valence-corrected chi connectivity index (χ2v) is 5.05. The molecule has 0 aromatic heterocycles. The second-order valence-electron chi connectivity index (χ2n) is 5.05. The van der Waals surface area contributed by atoms with Crippen LogP contribution in [0.15, 0.2) is 91.0 Å². The zero-order valence-electron chi connectivity index (χ0n) is 13.3. The van der Waals surface area contributed by atoms with Crippen molar-refractivity contribution in [1.29, 1.82) is 0 Å². The SMILES string of the molecule is CCC.c1ccc(N(c2ccccc2)c2ccccc2)cc1. The molecule has 3 aromatic carbocycles. The summed E-state index contributed by atoms with van der Waals surface area (Å²) in [5.74, 6) is 0. The molecule has 0 saturated heterocycles. The lowest BCUT2D eigenvalue weighted by molar-refractivity contribution is 1.09. The van der Waals surface area contributed by atoms with Gasteiger partial charge in [0.15, 0.2) is 0 Å². The summed E-state index contributed by atoms with van der Waals surface area (Å²) in [6.07, 6.45) is 1.25. The van der Waals surface area contributed by atoms with Gasteiger partial charge in [-0.05, 0) is 36.4 Å². The first-order chi connectivity index (χ1) is 10.9. The van der Waals surface area contributed by atoms with Gasteiger partial charge in [0.1, 0.15) is 0 Å². The first kappa shape index (κ1) is 15.8. The third-order valence-electron chi connectivity index (χ3n) is 3.04. The van der Waals surface area contributed by atoms with Gasteiger partial charge in [0.25, 0.3) is 0 Å². The van der Waals surface area contributed by atoms with Crippen molar-refractivity contribution in [3.05, 3.63) is 91.0 Å². The predicted molar refractivity (Wildman–Crippen MR) is 97.1 cm³/mol. The van der Waals surface area contributed by atoms with E-state index in [0.717, 1.165) is 0 Å². The monoisotopic (exact) mass is 289 g/mol. The number of hydrogen-bond donors (Lipinski definition) is 0. The molecule has 3 aromatic rings. The lowest BCUT2D eigenvalue weighted by Gasteiger charge is -2.25. The van der Waals surface area contributed by atoms with Gasteiger partial charge in [0.05, 0.1) is 0 Å². The van der Waals surface area contributed by atoms with E-state index in [1.54, 1.807) is 0 Å². The van der Waals surface area contributed by atoms with Crippen molar-refractivity contribution in [2.75, 3.05) is 4.90 Å². The Bertz CT molecular complexity index is 539. The van der Waals surface area contributed by atoms with Gasteiger partial charge in [-0.2, -0.15) is 0 Å². The van der Waals surface area contributed by atoms with E-state index in [-0.39, 0.29) is 0 Å². The number of nitrogens with zero attached hydrogens (tertiary/aromatic N) is 1. The number of hydrogen-bond acceptors (Lipinski definition) is 1. The topological polar surface area (TPSA) is 3.24 Å². The fourth-order valence-corrected chi connectivity index (χ4v) is 2.18. The lowest BCUT2D eigenvalue weighted by Crippen LogP contribution is -2.09. The van der Waals surface area contributed by atoms with Crippen molar-refractivity contribution in [2.24, 2.45) is 0 Å². The highest BCUT2D eigenvalue weighted by Crippen LogP contribution is 2.33. The van der Waals surface area contributed by atoms with E-state index in [0.29, 0.717) is 0 Å². The Hall–Kier alpha value is -2.54. The van der Waals surface area contributed by atoms with E-state index in [9.17, 15) is 0 Å². The fourth-order valence-electron chi connectivity index (χ4n) is 2.18. The van der Waals surface area contributed by atoms with Crippen LogP contribution in [0, 0.1) is 0 Å². The van der Waals surface area contributed by atoms with E-state index in [2.05, 4.69) is 91.5 Å². The van der Waals surface area contributed by atoms with Crippen LogP contribution in [0.1, 0.15) is 20.3 Å². The van der Waals surface area contributed by atoms with Gasteiger partial charge in [-0.3, -0.25) is 0 Å². The molecule has 0 unspecified atom stereocenters. The van der Waals surface area contributed by atoms with Gasteiger partial charge in [0.2, 0.25) is 0 Å². The molecule has 1 heteroatoms. The summed E-state index contributed by atoms with van der Waals surface area (Å²) in [5, 5.41) is 0. The molecule has 0 spiro atoms. The highest BCUT2D eigenvalue weighted by Gasteiger charge is 2.10. The zero-order valence-corrected chi connectivity index (χ0v) is 13.3. The fraction of sp³-hybridized carbons (Fsp3) is 0.143. The number of anilines is 3. The van der Waals surface area contributed by atoms with Crippen LogP contribution in [0.3, 0.4) is 0 Å². The Morgan fingerprint density at radius 1 is 0.500 bits per heavy atom. The molecule has 0 aliphatic rings. The second kappa shape index (κ2) is 8.68. The van der Waals surface area contributed by atoms with Crippen molar-refractivity contribution in [1.82, 2.24) is 0 Å². The third kappa shape index (κ3) is 4.23. The molecule has 0 saturated carbocycles. The van der Waals surface area contributed by atoms with E-state index in [1.807, 2.05) is 18.2 Å². The molecular weight excluding hydrogens is 266 g/mol. The standard InChI is InChI=1S/C18H15N.C3H8/c1-4-10-16(11-5-1)19(17-12-6-2-7-13-17)18-14-8-3-9-15-18;1-3-2/h1-15H;3H2,1-2H3. The molecule has 3 rings (SSSR count). The molecule has 0 aliphatic carbocycles. The molecule has 0 bridgehead atoms. The van der Waals surface area contributed by atoms with Crippen molar-refractivity contribution >= 4 is 17.1 Å². The predicted octanol–water partition coefficient (Wildman–Crippen LogP) is 6.57. The first-order valence-electron chi connectivity index (χ1n) is 7.82. The van der Waals surface area contributed by atoms with E-state index >= 15 is 0 Å². The summed E-state index contributed by atoms with van der Waals surface area (Å²) in [6, 6.07) is 31.3. The van der Waals surface area contributed by atoms with Gasteiger partial charge in [-0.25, -0.2) is 0 Å². The summed E-state index contributed by atoms with van der Waals surface area (Å²) < 4.78 is 0. The summed E-state index contributed by atoms with van der Waals surface area (Å²) in [7, 11) is 0. The molecule has 1 nitrogen and oxygen atoms in total. The number of benzene rings is 3. The van der Waals surface area contributed by atoms with Gasteiger partial charge < -0.3 is 4.90 Å². The molecule has 112 valence electrons. The van der Waals surface area contributed by atoms with Crippen LogP contribution in [-0.4, -0.2) is 0 Å². The molecule has 0 amide bonds. The van der Waals surface area contributed by atoms with Gasteiger partial charge in [0, 0.05) is 17.1 Å². The van der Waals surface area contributed by atoms with Crippen LogP contribution < -0.4 is 4.90 Å². The molecule has 0 fully saturated rings. The van der Waals surface area contributed by atoms with Crippen LogP contribution in [0.2, 0.25) is 0 Å². The molecule has 0 N–H and O–H groups in total. The van der Waals surface area contributed by atoms with Gasteiger partial charge in [-0.1, -0.05) is 74.9 Å². The molecule has 0 radical (unpaired) electrons. The third-order valence-corrected chi connectivity index (χ3v) is 3.04. The largest absolute Gasteiger partial charge is 0.311 e. The highest BCUT2D eigenvalue weighted by molar-refractivity contribution is 5.76. The maximum atomic E-state index is 2.25. The molecule has 0 heterocycles. The maximum absolute atomic E-state index is 2.25. The van der Waals surface area contributed by atoms with E-state index in [4.69, 9.17) is 0 Å². The zero-order chi connectivity index (χ0) is 15.6. The Kier molecular flexibility index (Phi) is 6.25. The van der Waals surface area contributed by atoms with Crippen LogP contribution in [-0.2, 0) is 0 Å². The van der Waals surface area contributed by atoms with Crippen molar-refractivity contribution < 1.29 is 0 Å². The summed E-state index contributed by atoms with van der Waals surface area (Å²) in [5.41, 5.74) is 3.50. The normalized spacial score (nSPS) is 9.55. The minimum Gasteiger partial charge on any atom is -0.311 e. The van der Waals surface area contributed by atoms with Crippen molar-refractivity contribution in [2.45, 2.75) is 20.3 Å². The highest BCUT2D eigenvalue weighted by atomic mass is 15.1. The number of para-hydroxylation sites is 3. The van der Waals surface area contributed by atoms with Crippen LogP contribution in [0.4, 0.5) is 17.1 Å². The van der Waals surface area contributed by atoms with Gasteiger partial charge >= 0.3 is 0 Å². The quantitative estimate of drug-likeness (QED) is 0.527. The Balaban J connectivity index is 0.000000545. The lowest BCUT2D eigenvalue weighted by atomic mass is 10.2. The van der Waals surface area contributed by atoms with E-state index < -0.39 is 0 Å². The molecule has 22 heavy (non-hydrogen) atoms. The Labute approximate surface area is 133 Å². The first-order valence-corrected chi connectivity index (χ1v) is 7.82. The smallest absolute Gasteiger partial charge is 0.0461 e. The van der Waals surface area contributed by atoms with Crippen LogP contribution in [0.5, 0.6) is 0 Å². The Morgan fingerprint density at radius 3 is 0.955 bits per heavy atom. The molecule has 0 atom stereocenters. The summed E-state index contributed by atoms with van der Waals surface area (Å²) >= 11 is 0. The van der Waals surface area contributed by atoms with Crippen LogP contribution in [0.25, 0.3) is 0 Å². The average Bonchev–Trinajstić information content (AvgIpc) is 2.59. The maximum Gasteiger partial charge on any atom is 0.0461 e.